The Balaban J connectivity index is 1.58. The van der Waals surface area contributed by atoms with Crippen LogP contribution in [-0.4, -0.2) is 8.42 Å². The largest absolute Gasteiger partial charge is 0.464 e. The molecule has 0 fully saturated rings. The first-order valence-electron chi connectivity index (χ1n) is 7.79. The molecule has 1 heterocycles. The van der Waals surface area contributed by atoms with Crippen LogP contribution in [0.4, 0.5) is 4.39 Å². The summed E-state index contributed by atoms with van der Waals surface area (Å²) in [5.74, 6) is -0.328. The Morgan fingerprint density at radius 2 is 1.50 bits per heavy atom. The molecule has 0 radical (unpaired) electrons. The fraction of sp³-hybridized carbons (Fsp3) is 0. The quantitative estimate of drug-likeness (QED) is 0.475. The highest BCUT2D eigenvalue weighted by atomic mass is 32.2. The fourth-order valence-electron chi connectivity index (χ4n) is 2.63. The van der Waals surface area contributed by atoms with E-state index in [0.29, 0.717) is 0 Å². The van der Waals surface area contributed by atoms with Crippen LogP contribution in [0.1, 0.15) is 0 Å². The molecular weight excluding hydrogens is 355 g/mol. The van der Waals surface area contributed by atoms with E-state index in [0.717, 1.165) is 34.2 Å². The van der Waals surface area contributed by atoms with Crippen LogP contribution in [0.2, 0.25) is 0 Å². The smallest absolute Gasteiger partial charge is 0.339 e. The summed E-state index contributed by atoms with van der Waals surface area (Å²) in [6.07, 6.45) is 1.63. The van der Waals surface area contributed by atoms with Crippen molar-refractivity contribution < 1.29 is 21.4 Å². The van der Waals surface area contributed by atoms with E-state index in [1.807, 2.05) is 24.3 Å². The Morgan fingerprint density at radius 3 is 2.23 bits per heavy atom. The van der Waals surface area contributed by atoms with Crippen LogP contribution in [0.15, 0.2) is 88.4 Å². The topological polar surface area (TPSA) is 56.5 Å². The fourth-order valence-corrected chi connectivity index (χ4v) is 3.56. The average molecular weight is 368 g/mol. The maximum Gasteiger partial charge on any atom is 0.339 e. The Labute approximate surface area is 149 Å². The zero-order valence-electron chi connectivity index (χ0n) is 13.4. The summed E-state index contributed by atoms with van der Waals surface area (Å²) in [5, 5.41) is 0.988. The summed E-state index contributed by atoms with van der Waals surface area (Å²) >= 11 is 0. The normalized spacial score (nSPS) is 11.6. The summed E-state index contributed by atoms with van der Waals surface area (Å²) in [5.41, 5.74) is 2.70. The molecule has 1 aromatic heterocycles. The number of hydrogen-bond donors (Lipinski definition) is 0. The minimum atomic E-state index is -4.01. The van der Waals surface area contributed by atoms with Crippen LogP contribution in [0.25, 0.3) is 22.1 Å². The molecular formula is C20H13FO4S. The van der Waals surface area contributed by atoms with E-state index in [1.54, 1.807) is 30.5 Å². The summed E-state index contributed by atoms with van der Waals surface area (Å²) in [4.78, 5) is -0.103. The molecule has 0 atom stereocenters. The van der Waals surface area contributed by atoms with E-state index >= 15 is 0 Å². The van der Waals surface area contributed by atoms with Gasteiger partial charge in [-0.2, -0.15) is 8.42 Å². The minimum absolute atomic E-state index is 0.103. The van der Waals surface area contributed by atoms with Crippen LogP contribution in [-0.2, 0) is 10.1 Å². The molecule has 0 N–H and O–H groups in total. The predicted molar refractivity (Wildman–Crippen MR) is 95.9 cm³/mol. The van der Waals surface area contributed by atoms with Crippen molar-refractivity contribution >= 4 is 21.1 Å². The van der Waals surface area contributed by atoms with Gasteiger partial charge in [-0.05, 0) is 65.7 Å². The molecule has 0 unspecified atom stereocenters. The minimum Gasteiger partial charge on any atom is -0.464 e. The van der Waals surface area contributed by atoms with Crippen molar-refractivity contribution in [1.29, 1.82) is 0 Å². The highest BCUT2D eigenvalue weighted by molar-refractivity contribution is 7.87. The average Bonchev–Trinajstić information content (AvgIpc) is 3.10. The molecule has 0 aliphatic rings. The monoisotopic (exact) mass is 368 g/mol. The van der Waals surface area contributed by atoms with Crippen molar-refractivity contribution in [3.05, 3.63) is 84.9 Å². The molecule has 0 aliphatic carbocycles. The zero-order chi connectivity index (χ0) is 18.1. The van der Waals surface area contributed by atoms with Crippen molar-refractivity contribution in [3.8, 4) is 16.9 Å². The molecule has 0 aliphatic heterocycles. The van der Waals surface area contributed by atoms with E-state index in [4.69, 9.17) is 8.60 Å². The molecule has 0 saturated heterocycles. The Bertz CT molecular complexity index is 1160. The van der Waals surface area contributed by atoms with Crippen LogP contribution < -0.4 is 4.18 Å². The van der Waals surface area contributed by atoms with Gasteiger partial charge in [0.1, 0.15) is 22.0 Å². The molecule has 0 amide bonds. The molecule has 0 bridgehead atoms. The standard InChI is InChI=1S/C20H13FO4S/c21-17-4-8-19(9-5-17)26(22,23)25-18-6-1-14(2-7-18)15-3-10-20-16(13-15)11-12-24-20/h1-13H. The number of halogens is 1. The number of fused-ring (bicyclic) bond motifs is 1. The van der Waals surface area contributed by atoms with Crippen LogP contribution in [0, 0.1) is 5.82 Å². The number of benzene rings is 3. The van der Waals surface area contributed by atoms with E-state index < -0.39 is 15.9 Å². The molecule has 0 saturated carbocycles. The molecule has 3 aromatic carbocycles. The van der Waals surface area contributed by atoms with Crippen molar-refractivity contribution in [1.82, 2.24) is 0 Å². The van der Waals surface area contributed by atoms with Gasteiger partial charge in [-0.1, -0.05) is 18.2 Å². The van der Waals surface area contributed by atoms with E-state index in [1.165, 1.54) is 12.1 Å². The van der Waals surface area contributed by atoms with Gasteiger partial charge in [-0.25, -0.2) is 4.39 Å². The first-order chi connectivity index (χ1) is 12.5. The first kappa shape index (κ1) is 16.4. The molecule has 6 heteroatoms. The lowest BCUT2D eigenvalue weighted by atomic mass is 10.0. The highest BCUT2D eigenvalue weighted by Gasteiger charge is 2.16. The Kier molecular flexibility index (Phi) is 3.97. The predicted octanol–water partition coefficient (Wildman–Crippen LogP) is 5.01. The van der Waals surface area contributed by atoms with Gasteiger partial charge >= 0.3 is 10.1 Å². The molecule has 4 rings (SSSR count). The van der Waals surface area contributed by atoms with Gasteiger partial charge in [-0.3, -0.25) is 0 Å². The SMILES string of the molecule is O=S(=O)(Oc1ccc(-c2ccc3occc3c2)cc1)c1ccc(F)cc1. The lowest BCUT2D eigenvalue weighted by Crippen LogP contribution is -2.09. The maximum atomic E-state index is 12.9. The second-order valence-corrected chi connectivity index (χ2v) is 7.24. The second-order valence-electron chi connectivity index (χ2n) is 5.69. The number of furan rings is 1. The maximum absolute atomic E-state index is 12.9. The molecule has 4 aromatic rings. The summed E-state index contributed by atoms with van der Waals surface area (Å²) in [6, 6.07) is 18.9. The van der Waals surface area contributed by atoms with Crippen molar-refractivity contribution in [3.63, 3.8) is 0 Å². The first-order valence-corrected chi connectivity index (χ1v) is 9.20. The van der Waals surface area contributed by atoms with Crippen LogP contribution in [0.5, 0.6) is 5.75 Å². The molecule has 0 spiro atoms. The number of hydrogen-bond acceptors (Lipinski definition) is 4. The van der Waals surface area contributed by atoms with E-state index in [-0.39, 0.29) is 10.6 Å². The van der Waals surface area contributed by atoms with Crippen LogP contribution in [0.3, 0.4) is 0 Å². The van der Waals surface area contributed by atoms with Crippen molar-refractivity contribution in [2.75, 3.05) is 0 Å². The van der Waals surface area contributed by atoms with Gasteiger partial charge in [0.15, 0.2) is 0 Å². The summed E-state index contributed by atoms with van der Waals surface area (Å²) in [7, 11) is -4.01. The summed E-state index contributed by atoms with van der Waals surface area (Å²) in [6.45, 7) is 0. The van der Waals surface area contributed by atoms with Gasteiger partial charge < -0.3 is 8.60 Å². The number of rotatable bonds is 4. The van der Waals surface area contributed by atoms with E-state index in [9.17, 15) is 12.8 Å². The highest BCUT2D eigenvalue weighted by Crippen LogP contribution is 2.27. The van der Waals surface area contributed by atoms with Crippen LogP contribution >= 0.6 is 0 Å². The Morgan fingerprint density at radius 1 is 0.808 bits per heavy atom. The Hall–Kier alpha value is -3.12. The molecule has 130 valence electrons. The van der Waals surface area contributed by atoms with Crippen molar-refractivity contribution in [2.45, 2.75) is 4.90 Å². The van der Waals surface area contributed by atoms with Gasteiger partial charge in [0, 0.05) is 5.39 Å². The van der Waals surface area contributed by atoms with Gasteiger partial charge in [0.2, 0.25) is 0 Å². The van der Waals surface area contributed by atoms with Gasteiger partial charge in [0.25, 0.3) is 0 Å². The third kappa shape index (κ3) is 3.19. The lowest BCUT2D eigenvalue weighted by molar-refractivity contribution is 0.486. The second kappa shape index (κ2) is 6.31. The zero-order valence-corrected chi connectivity index (χ0v) is 14.2. The van der Waals surface area contributed by atoms with Gasteiger partial charge in [0.05, 0.1) is 6.26 Å². The molecule has 26 heavy (non-hydrogen) atoms. The van der Waals surface area contributed by atoms with Gasteiger partial charge in [-0.15, -0.1) is 0 Å². The third-order valence-corrected chi connectivity index (χ3v) is 5.21. The summed E-state index contributed by atoms with van der Waals surface area (Å²) < 4.78 is 47.8. The van der Waals surface area contributed by atoms with Crippen molar-refractivity contribution in [2.24, 2.45) is 0 Å². The third-order valence-electron chi connectivity index (χ3n) is 3.95. The van der Waals surface area contributed by atoms with E-state index in [2.05, 4.69) is 0 Å². The lowest BCUT2D eigenvalue weighted by Gasteiger charge is -2.08. The molecule has 4 nitrogen and oxygen atoms in total.